The van der Waals surface area contributed by atoms with Gasteiger partial charge in [-0.25, -0.2) is 0 Å². The second kappa shape index (κ2) is 7.51. The Balaban J connectivity index is 1.61. The lowest BCUT2D eigenvalue weighted by Gasteiger charge is -2.20. The van der Waals surface area contributed by atoms with Gasteiger partial charge in [-0.15, -0.1) is 5.10 Å². The fourth-order valence-corrected chi connectivity index (χ4v) is 3.63. The lowest BCUT2D eigenvalue weighted by Crippen LogP contribution is -2.13. The maximum Gasteiger partial charge on any atom is 0.270 e. The molecule has 27 heavy (non-hydrogen) atoms. The highest BCUT2D eigenvalue weighted by molar-refractivity contribution is 7.98. The van der Waals surface area contributed by atoms with E-state index in [1.54, 1.807) is 28.9 Å². The SMILES string of the molecule is O=[N+]([O-])c1cc2c(c(CSc3nnnn3-c3ccc(Cl)cc3)c1)OCOC2. The number of thioether (sulfide) groups is 1. The molecular formula is C16H12ClN5O4S. The number of nitrogens with zero attached hydrogens (tertiary/aromatic N) is 5. The summed E-state index contributed by atoms with van der Waals surface area (Å²) in [6, 6.07) is 10.1. The average Bonchev–Trinajstić information content (AvgIpc) is 3.15. The fourth-order valence-electron chi connectivity index (χ4n) is 2.65. The topological polar surface area (TPSA) is 105 Å². The van der Waals surface area contributed by atoms with Gasteiger partial charge in [-0.1, -0.05) is 23.4 Å². The van der Waals surface area contributed by atoms with Crippen molar-refractivity contribution in [3.05, 3.63) is 62.7 Å². The summed E-state index contributed by atoms with van der Waals surface area (Å²) in [5.41, 5.74) is 2.11. The minimum atomic E-state index is -0.430. The molecule has 2 aromatic carbocycles. The monoisotopic (exact) mass is 405 g/mol. The highest BCUT2D eigenvalue weighted by Crippen LogP contribution is 2.36. The van der Waals surface area contributed by atoms with Crippen molar-refractivity contribution in [2.75, 3.05) is 6.79 Å². The van der Waals surface area contributed by atoms with Crippen LogP contribution in [0.3, 0.4) is 0 Å². The molecule has 4 rings (SSSR count). The lowest BCUT2D eigenvalue weighted by molar-refractivity contribution is -0.385. The molecular weight excluding hydrogens is 394 g/mol. The van der Waals surface area contributed by atoms with Crippen molar-refractivity contribution in [1.82, 2.24) is 20.2 Å². The predicted molar refractivity (Wildman–Crippen MR) is 97.1 cm³/mol. The van der Waals surface area contributed by atoms with E-state index < -0.39 is 4.92 Å². The van der Waals surface area contributed by atoms with Crippen LogP contribution < -0.4 is 4.74 Å². The summed E-state index contributed by atoms with van der Waals surface area (Å²) in [6.45, 7) is 0.391. The average molecular weight is 406 g/mol. The van der Waals surface area contributed by atoms with Crippen molar-refractivity contribution < 1.29 is 14.4 Å². The number of ether oxygens (including phenoxy) is 2. The minimum Gasteiger partial charge on any atom is -0.467 e. The lowest BCUT2D eigenvalue weighted by atomic mass is 10.1. The third kappa shape index (κ3) is 3.72. The number of nitro benzene ring substituents is 1. The van der Waals surface area contributed by atoms with Crippen LogP contribution in [0.15, 0.2) is 41.6 Å². The van der Waals surface area contributed by atoms with Gasteiger partial charge < -0.3 is 9.47 Å². The van der Waals surface area contributed by atoms with E-state index in [4.69, 9.17) is 21.1 Å². The van der Waals surface area contributed by atoms with E-state index in [1.807, 2.05) is 0 Å². The second-order valence-electron chi connectivity index (χ2n) is 5.60. The van der Waals surface area contributed by atoms with Gasteiger partial charge in [-0.3, -0.25) is 10.1 Å². The standard InChI is InChI=1S/C16H12ClN5O4S/c17-12-1-3-13(4-2-12)21-16(18-19-20-21)27-8-11-6-14(22(23)24)5-10-7-25-9-26-15(10)11/h1-6H,7-9H2. The molecule has 0 bridgehead atoms. The number of nitro groups is 1. The summed E-state index contributed by atoms with van der Waals surface area (Å²) in [5.74, 6) is 1.02. The number of halogens is 1. The molecule has 0 saturated carbocycles. The minimum absolute atomic E-state index is 0.00394. The summed E-state index contributed by atoms with van der Waals surface area (Å²) in [6.07, 6.45) is 0. The summed E-state index contributed by atoms with van der Waals surface area (Å²) in [4.78, 5) is 10.8. The Morgan fingerprint density at radius 2 is 2.11 bits per heavy atom. The molecule has 0 amide bonds. The van der Waals surface area contributed by atoms with E-state index in [1.165, 1.54) is 23.9 Å². The molecule has 1 aromatic heterocycles. The van der Waals surface area contributed by atoms with Crippen LogP contribution in [0.2, 0.25) is 5.02 Å². The molecule has 0 unspecified atom stereocenters. The van der Waals surface area contributed by atoms with Crippen molar-refractivity contribution in [3.8, 4) is 11.4 Å². The zero-order chi connectivity index (χ0) is 18.8. The first kappa shape index (κ1) is 17.7. The van der Waals surface area contributed by atoms with Gasteiger partial charge in [0.15, 0.2) is 6.79 Å². The van der Waals surface area contributed by atoms with Crippen LogP contribution in [0.4, 0.5) is 5.69 Å². The van der Waals surface area contributed by atoms with Gasteiger partial charge >= 0.3 is 0 Å². The van der Waals surface area contributed by atoms with Gasteiger partial charge in [0.05, 0.1) is 17.2 Å². The second-order valence-corrected chi connectivity index (χ2v) is 6.98. The molecule has 1 aliphatic rings. The van der Waals surface area contributed by atoms with Gasteiger partial charge in [0.25, 0.3) is 5.69 Å². The van der Waals surface area contributed by atoms with Gasteiger partial charge in [0, 0.05) is 34.0 Å². The number of rotatable bonds is 5. The Labute approximate surface area is 162 Å². The highest BCUT2D eigenvalue weighted by atomic mass is 35.5. The maximum absolute atomic E-state index is 11.2. The van der Waals surface area contributed by atoms with Crippen LogP contribution in [-0.2, 0) is 17.1 Å². The van der Waals surface area contributed by atoms with Crippen LogP contribution in [0.5, 0.6) is 5.75 Å². The zero-order valence-electron chi connectivity index (χ0n) is 13.7. The Hall–Kier alpha value is -2.69. The maximum atomic E-state index is 11.2. The summed E-state index contributed by atoms with van der Waals surface area (Å²) in [5, 5.41) is 24.1. The number of hydrogen-bond donors (Lipinski definition) is 0. The first-order valence-electron chi connectivity index (χ1n) is 7.79. The molecule has 2 heterocycles. The van der Waals surface area contributed by atoms with Crippen LogP contribution in [0.1, 0.15) is 11.1 Å². The predicted octanol–water partition coefficient (Wildman–Crippen LogP) is 3.38. The van der Waals surface area contributed by atoms with E-state index in [0.717, 1.165) is 5.69 Å². The molecule has 0 N–H and O–H groups in total. The van der Waals surface area contributed by atoms with Crippen molar-refractivity contribution in [2.45, 2.75) is 17.5 Å². The third-order valence-electron chi connectivity index (χ3n) is 3.85. The Bertz CT molecular complexity index is 995. The number of tetrazole rings is 1. The van der Waals surface area contributed by atoms with E-state index in [2.05, 4.69) is 15.5 Å². The highest BCUT2D eigenvalue weighted by Gasteiger charge is 2.21. The van der Waals surface area contributed by atoms with Crippen LogP contribution in [0.25, 0.3) is 5.69 Å². The molecule has 0 fully saturated rings. The quantitative estimate of drug-likeness (QED) is 0.361. The smallest absolute Gasteiger partial charge is 0.270 e. The van der Waals surface area contributed by atoms with E-state index in [9.17, 15) is 10.1 Å². The normalized spacial score (nSPS) is 13.1. The summed E-state index contributed by atoms with van der Waals surface area (Å²) in [7, 11) is 0. The molecule has 138 valence electrons. The van der Waals surface area contributed by atoms with Crippen molar-refractivity contribution in [3.63, 3.8) is 0 Å². The van der Waals surface area contributed by atoms with E-state index >= 15 is 0 Å². The zero-order valence-corrected chi connectivity index (χ0v) is 15.3. The Kier molecular flexibility index (Phi) is 4.92. The molecule has 1 aliphatic heterocycles. The van der Waals surface area contributed by atoms with Crippen LogP contribution >= 0.6 is 23.4 Å². The summed E-state index contributed by atoms with van der Waals surface area (Å²) < 4.78 is 12.4. The van der Waals surface area contributed by atoms with Crippen molar-refractivity contribution >= 4 is 29.1 Å². The van der Waals surface area contributed by atoms with Gasteiger partial charge in [-0.2, -0.15) is 4.68 Å². The Morgan fingerprint density at radius 3 is 2.89 bits per heavy atom. The number of aromatic nitrogens is 4. The number of hydrogen-bond acceptors (Lipinski definition) is 8. The van der Waals surface area contributed by atoms with Crippen molar-refractivity contribution in [2.24, 2.45) is 0 Å². The first-order valence-corrected chi connectivity index (χ1v) is 9.16. The molecule has 0 radical (unpaired) electrons. The molecule has 0 atom stereocenters. The molecule has 0 spiro atoms. The fraction of sp³-hybridized carbons (Fsp3) is 0.188. The van der Waals surface area contributed by atoms with Gasteiger partial charge in [0.2, 0.25) is 5.16 Å². The van der Waals surface area contributed by atoms with Crippen LogP contribution in [-0.4, -0.2) is 31.9 Å². The summed E-state index contributed by atoms with van der Waals surface area (Å²) >= 11 is 7.27. The van der Waals surface area contributed by atoms with Crippen molar-refractivity contribution in [1.29, 1.82) is 0 Å². The largest absolute Gasteiger partial charge is 0.467 e. The first-order chi connectivity index (χ1) is 13.1. The molecule has 9 nitrogen and oxygen atoms in total. The third-order valence-corrected chi connectivity index (χ3v) is 5.07. The van der Waals surface area contributed by atoms with Crippen LogP contribution in [0, 0.1) is 10.1 Å². The Morgan fingerprint density at radius 1 is 1.30 bits per heavy atom. The van der Waals surface area contributed by atoms with Gasteiger partial charge in [-0.05, 0) is 34.7 Å². The molecule has 3 aromatic rings. The molecule has 0 aliphatic carbocycles. The molecule has 11 heteroatoms. The number of non-ortho nitro benzene ring substituents is 1. The van der Waals surface area contributed by atoms with E-state index in [0.29, 0.717) is 32.8 Å². The number of fused-ring (bicyclic) bond motifs is 1. The van der Waals surface area contributed by atoms with Gasteiger partial charge in [0.1, 0.15) is 5.75 Å². The molecule has 0 saturated heterocycles. The number of benzene rings is 2. The van der Waals surface area contributed by atoms with E-state index in [-0.39, 0.29) is 19.1 Å².